The van der Waals surface area contributed by atoms with Crippen LogP contribution in [-0.2, 0) is 6.67 Å². The second-order valence-electron chi connectivity index (χ2n) is 8.77. The number of benzene rings is 3. The first kappa shape index (κ1) is 23.8. The van der Waals surface area contributed by atoms with E-state index >= 15 is 0 Å². The van der Waals surface area contributed by atoms with Crippen LogP contribution in [0.3, 0.4) is 0 Å². The summed E-state index contributed by atoms with van der Waals surface area (Å²) in [4.78, 5) is 29.8. The Bertz CT molecular complexity index is 1270. The summed E-state index contributed by atoms with van der Waals surface area (Å²) < 4.78 is 30.0. The molecule has 0 aliphatic carbocycles. The zero-order chi connectivity index (χ0) is 25.1. The van der Waals surface area contributed by atoms with Gasteiger partial charge in [-0.1, -0.05) is 12.1 Å². The molecular weight excluding hydrogens is 463 g/mol. The Morgan fingerprint density at radius 2 is 1.56 bits per heavy atom. The van der Waals surface area contributed by atoms with Gasteiger partial charge in [0.2, 0.25) is 0 Å². The molecule has 2 heterocycles. The summed E-state index contributed by atoms with van der Waals surface area (Å²) in [7, 11) is 1.53. The van der Waals surface area contributed by atoms with Crippen LogP contribution in [0.4, 0.5) is 10.1 Å². The fraction of sp³-hybridized carbons (Fsp3) is 0.286. The van der Waals surface area contributed by atoms with Crippen molar-refractivity contribution in [3.05, 3.63) is 77.4 Å². The number of ether oxygens (including phenoxy) is 3. The van der Waals surface area contributed by atoms with Gasteiger partial charge in [0.1, 0.15) is 24.8 Å². The summed E-state index contributed by atoms with van der Waals surface area (Å²) in [6, 6.07) is 16.4. The number of halogens is 1. The third-order valence-corrected chi connectivity index (χ3v) is 6.44. The lowest BCUT2D eigenvalue weighted by molar-refractivity contribution is 0.0926. The maximum Gasteiger partial charge on any atom is 0.266 e. The fourth-order valence-electron chi connectivity index (χ4n) is 4.51. The van der Waals surface area contributed by atoms with Gasteiger partial charge in [-0.05, 0) is 74.0 Å². The van der Waals surface area contributed by atoms with Gasteiger partial charge in [-0.15, -0.1) is 0 Å². The first-order valence-corrected chi connectivity index (χ1v) is 12.0. The van der Waals surface area contributed by atoms with Crippen LogP contribution in [0.2, 0.25) is 0 Å². The van der Waals surface area contributed by atoms with Crippen LogP contribution in [0.1, 0.15) is 39.1 Å². The lowest BCUT2D eigenvalue weighted by Gasteiger charge is -2.18. The molecule has 186 valence electrons. The van der Waals surface area contributed by atoms with E-state index in [2.05, 4.69) is 4.90 Å². The SMILES string of the molecule is COc1cc(N2C(=O)c3ccc(Oc4ccc(CF)cc4)cc3C2=O)ccc1OCCN1CCCC1. The maximum absolute atomic E-state index is 13.2. The van der Waals surface area contributed by atoms with Crippen molar-refractivity contribution < 1.29 is 28.2 Å². The highest BCUT2D eigenvalue weighted by Crippen LogP contribution is 2.37. The standard InChI is InChI=1S/C28H27FN2O5/c1-34-26-16-20(6-11-25(26)35-15-14-30-12-2-3-13-30)31-27(32)23-10-9-22(17-24(23)28(31)33)36-21-7-4-19(18-29)5-8-21/h4-11,16-17H,2-3,12-15,18H2,1H3. The van der Waals surface area contributed by atoms with Crippen molar-refractivity contribution in [2.75, 3.05) is 38.3 Å². The number of anilines is 1. The third kappa shape index (κ3) is 4.77. The Balaban J connectivity index is 1.31. The number of carbonyl (C=O) groups is 2. The highest BCUT2D eigenvalue weighted by molar-refractivity contribution is 6.34. The van der Waals surface area contributed by atoms with E-state index in [0.29, 0.717) is 46.4 Å². The molecule has 0 bridgehead atoms. The van der Waals surface area contributed by atoms with Crippen molar-refractivity contribution in [2.45, 2.75) is 19.5 Å². The molecule has 0 radical (unpaired) electrons. The van der Waals surface area contributed by atoms with Crippen LogP contribution in [0.25, 0.3) is 0 Å². The number of carbonyl (C=O) groups excluding carboxylic acids is 2. The predicted octanol–water partition coefficient (Wildman–Crippen LogP) is 5.23. The van der Waals surface area contributed by atoms with Crippen LogP contribution < -0.4 is 19.1 Å². The normalized spacial score (nSPS) is 15.3. The molecule has 0 atom stereocenters. The van der Waals surface area contributed by atoms with Crippen LogP contribution in [0, 0.1) is 0 Å². The molecule has 2 amide bonds. The molecule has 0 unspecified atom stereocenters. The number of hydrogen-bond donors (Lipinski definition) is 0. The Kier molecular flexibility index (Phi) is 6.86. The zero-order valence-corrected chi connectivity index (χ0v) is 20.0. The molecule has 36 heavy (non-hydrogen) atoms. The van der Waals surface area contributed by atoms with Crippen LogP contribution >= 0.6 is 0 Å². The average Bonchev–Trinajstić information content (AvgIpc) is 3.51. The number of imide groups is 1. The summed E-state index contributed by atoms with van der Waals surface area (Å²) >= 11 is 0. The summed E-state index contributed by atoms with van der Waals surface area (Å²) in [6.07, 6.45) is 2.44. The van der Waals surface area contributed by atoms with E-state index < -0.39 is 18.5 Å². The topological polar surface area (TPSA) is 68.3 Å². The number of hydrogen-bond acceptors (Lipinski definition) is 6. The van der Waals surface area contributed by atoms with Gasteiger partial charge >= 0.3 is 0 Å². The van der Waals surface area contributed by atoms with Crippen molar-refractivity contribution in [2.24, 2.45) is 0 Å². The molecule has 1 saturated heterocycles. The third-order valence-electron chi connectivity index (χ3n) is 6.44. The minimum absolute atomic E-state index is 0.253. The first-order chi connectivity index (χ1) is 17.6. The van der Waals surface area contributed by atoms with E-state index in [9.17, 15) is 14.0 Å². The lowest BCUT2D eigenvalue weighted by atomic mass is 10.1. The van der Waals surface area contributed by atoms with Crippen molar-refractivity contribution in [1.82, 2.24) is 4.90 Å². The van der Waals surface area contributed by atoms with Crippen LogP contribution in [-0.4, -0.2) is 50.1 Å². The largest absolute Gasteiger partial charge is 0.493 e. The number of rotatable bonds is 9. The molecule has 2 aliphatic heterocycles. The van der Waals surface area contributed by atoms with E-state index in [1.165, 1.54) is 20.0 Å². The molecule has 0 spiro atoms. The number of fused-ring (bicyclic) bond motifs is 1. The van der Waals surface area contributed by atoms with Gasteiger partial charge in [-0.2, -0.15) is 0 Å². The van der Waals surface area contributed by atoms with E-state index in [1.54, 1.807) is 60.7 Å². The summed E-state index contributed by atoms with van der Waals surface area (Å²) in [5.41, 5.74) is 1.49. The molecule has 0 saturated carbocycles. The van der Waals surface area contributed by atoms with Crippen molar-refractivity contribution in [1.29, 1.82) is 0 Å². The number of alkyl halides is 1. The quantitative estimate of drug-likeness (QED) is 0.383. The maximum atomic E-state index is 13.2. The minimum atomic E-state index is -0.554. The Morgan fingerprint density at radius 1 is 0.833 bits per heavy atom. The summed E-state index contributed by atoms with van der Waals surface area (Å²) in [5.74, 6) is 1.06. The highest BCUT2D eigenvalue weighted by atomic mass is 19.1. The second-order valence-corrected chi connectivity index (χ2v) is 8.77. The van der Waals surface area contributed by atoms with Gasteiger partial charge in [0, 0.05) is 12.6 Å². The number of amides is 2. The van der Waals surface area contributed by atoms with E-state index in [1.807, 2.05) is 0 Å². The summed E-state index contributed by atoms with van der Waals surface area (Å²) in [6.45, 7) is 3.01. The average molecular weight is 491 g/mol. The second kappa shape index (κ2) is 10.4. The molecule has 3 aromatic rings. The monoisotopic (exact) mass is 490 g/mol. The Morgan fingerprint density at radius 3 is 2.28 bits per heavy atom. The molecule has 0 aromatic heterocycles. The van der Waals surface area contributed by atoms with Gasteiger partial charge in [-0.3, -0.25) is 14.5 Å². The van der Waals surface area contributed by atoms with Gasteiger partial charge in [0.25, 0.3) is 11.8 Å². The van der Waals surface area contributed by atoms with Gasteiger partial charge in [-0.25, -0.2) is 9.29 Å². The highest BCUT2D eigenvalue weighted by Gasteiger charge is 2.37. The van der Waals surface area contributed by atoms with Crippen molar-refractivity contribution in [3.63, 3.8) is 0 Å². The van der Waals surface area contributed by atoms with Crippen LogP contribution in [0.5, 0.6) is 23.0 Å². The van der Waals surface area contributed by atoms with Crippen molar-refractivity contribution in [3.8, 4) is 23.0 Å². The van der Waals surface area contributed by atoms with E-state index in [-0.39, 0.29) is 5.56 Å². The zero-order valence-electron chi connectivity index (χ0n) is 20.0. The number of nitrogens with zero attached hydrogens (tertiary/aromatic N) is 2. The van der Waals surface area contributed by atoms with Gasteiger partial charge in [0.15, 0.2) is 11.5 Å². The number of likely N-dealkylation sites (tertiary alicyclic amines) is 1. The molecular formula is C28H27FN2O5. The Hall–Kier alpha value is -3.91. The molecule has 7 nitrogen and oxygen atoms in total. The molecule has 2 aliphatic rings. The molecule has 0 N–H and O–H groups in total. The summed E-state index contributed by atoms with van der Waals surface area (Å²) in [5, 5.41) is 0. The Labute approximate surface area is 209 Å². The molecule has 5 rings (SSSR count). The molecule has 8 heteroatoms. The minimum Gasteiger partial charge on any atom is -0.493 e. The fourth-order valence-corrected chi connectivity index (χ4v) is 4.51. The van der Waals surface area contributed by atoms with Gasteiger partial charge < -0.3 is 14.2 Å². The van der Waals surface area contributed by atoms with Gasteiger partial charge in [0.05, 0.1) is 23.9 Å². The predicted molar refractivity (Wildman–Crippen MR) is 133 cm³/mol. The lowest BCUT2D eigenvalue weighted by Crippen LogP contribution is -2.29. The van der Waals surface area contributed by atoms with E-state index in [4.69, 9.17) is 14.2 Å². The molecule has 3 aromatic carbocycles. The van der Waals surface area contributed by atoms with Crippen LogP contribution in [0.15, 0.2) is 60.7 Å². The van der Waals surface area contributed by atoms with E-state index in [0.717, 1.165) is 24.5 Å². The molecule has 1 fully saturated rings. The first-order valence-electron chi connectivity index (χ1n) is 12.0. The smallest absolute Gasteiger partial charge is 0.266 e. The number of methoxy groups -OCH3 is 1. The van der Waals surface area contributed by atoms with Crippen molar-refractivity contribution >= 4 is 17.5 Å².